The number of esters is 1. The summed E-state index contributed by atoms with van der Waals surface area (Å²) < 4.78 is 6.02. The summed E-state index contributed by atoms with van der Waals surface area (Å²) in [6, 6.07) is 36.4. The lowest BCUT2D eigenvalue weighted by Crippen LogP contribution is -2.57. The molecule has 0 fully saturated rings. The van der Waals surface area contributed by atoms with Crippen LogP contribution in [-0.2, 0) is 26.4 Å². The molecule has 0 radical (unpaired) electrons. The number of ether oxygens (including phenoxy) is 1. The fourth-order valence-electron chi connectivity index (χ4n) is 5.95. The highest BCUT2D eigenvalue weighted by Gasteiger charge is 2.53. The third kappa shape index (κ3) is 4.81. The number of carbonyl (C=O) groups excluding carboxylic acids is 2. The summed E-state index contributed by atoms with van der Waals surface area (Å²) in [5, 5.41) is 0. The Morgan fingerprint density at radius 1 is 0.795 bits per heavy atom. The Hall–Kier alpha value is -4.02. The summed E-state index contributed by atoms with van der Waals surface area (Å²) >= 11 is 0. The summed E-state index contributed by atoms with van der Waals surface area (Å²) in [7, 11) is 0. The van der Waals surface area contributed by atoms with Gasteiger partial charge in [-0.05, 0) is 54.2 Å². The normalized spacial score (nSPS) is 15.2. The van der Waals surface area contributed by atoms with Gasteiger partial charge in [-0.3, -0.25) is 9.69 Å². The summed E-state index contributed by atoms with van der Waals surface area (Å²) in [5.74, 6) is -1.03. The molecule has 0 aliphatic heterocycles. The Balaban J connectivity index is 1.87. The molecule has 0 N–H and O–H groups in total. The summed E-state index contributed by atoms with van der Waals surface area (Å²) in [6.45, 7) is 7.83. The first-order valence-electron chi connectivity index (χ1n) is 13.5. The Labute approximate surface area is 231 Å². The monoisotopic (exact) mass is 517 g/mol. The molecule has 0 saturated heterocycles. The minimum atomic E-state index is -0.846. The minimum Gasteiger partial charge on any atom is -0.459 e. The average molecular weight is 518 g/mol. The van der Waals surface area contributed by atoms with Gasteiger partial charge in [-0.2, -0.15) is 0 Å². The van der Waals surface area contributed by atoms with Gasteiger partial charge >= 0.3 is 5.97 Å². The molecule has 0 aromatic heterocycles. The van der Waals surface area contributed by atoms with Crippen LogP contribution in [0.2, 0.25) is 0 Å². The highest BCUT2D eigenvalue weighted by molar-refractivity contribution is 5.85. The van der Waals surface area contributed by atoms with E-state index in [2.05, 4.69) is 77.7 Å². The zero-order valence-electron chi connectivity index (χ0n) is 23.0. The zero-order valence-corrected chi connectivity index (χ0v) is 23.0. The van der Waals surface area contributed by atoms with Crippen LogP contribution in [0.4, 0.5) is 0 Å². The molecule has 4 heteroatoms. The number of hydrogen-bond donors (Lipinski definition) is 0. The third-order valence-corrected chi connectivity index (χ3v) is 7.44. The van der Waals surface area contributed by atoms with Crippen LogP contribution in [0.5, 0.6) is 0 Å². The van der Waals surface area contributed by atoms with Crippen molar-refractivity contribution in [3.8, 4) is 11.1 Å². The first-order valence-corrected chi connectivity index (χ1v) is 13.5. The van der Waals surface area contributed by atoms with Gasteiger partial charge in [0.1, 0.15) is 17.9 Å². The Morgan fingerprint density at radius 3 is 1.79 bits per heavy atom. The molecule has 0 amide bonds. The molecule has 1 aliphatic rings. The van der Waals surface area contributed by atoms with Crippen molar-refractivity contribution in [1.82, 2.24) is 4.90 Å². The lowest BCUT2D eigenvalue weighted by molar-refractivity contribution is -0.167. The molecule has 198 valence electrons. The molecule has 5 rings (SSSR count). The number of aldehydes is 1. The van der Waals surface area contributed by atoms with Gasteiger partial charge in [-0.15, -0.1) is 0 Å². The highest BCUT2D eigenvalue weighted by atomic mass is 16.6. The van der Waals surface area contributed by atoms with Crippen LogP contribution in [0, 0.1) is 5.92 Å². The maximum Gasteiger partial charge on any atom is 0.324 e. The van der Waals surface area contributed by atoms with Crippen molar-refractivity contribution >= 4 is 12.3 Å². The van der Waals surface area contributed by atoms with Gasteiger partial charge in [0.25, 0.3) is 0 Å². The van der Waals surface area contributed by atoms with E-state index in [-0.39, 0.29) is 0 Å². The zero-order chi connectivity index (χ0) is 27.6. The van der Waals surface area contributed by atoms with Crippen molar-refractivity contribution in [1.29, 1.82) is 0 Å². The van der Waals surface area contributed by atoms with E-state index in [0.717, 1.165) is 39.7 Å². The van der Waals surface area contributed by atoms with Crippen LogP contribution in [0.15, 0.2) is 109 Å². The van der Waals surface area contributed by atoms with Gasteiger partial charge < -0.3 is 9.53 Å². The van der Waals surface area contributed by atoms with E-state index in [9.17, 15) is 9.59 Å². The molecule has 0 saturated carbocycles. The van der Waals surface area contributed by atoms with Crippen LogP contribution in [-0.4, -0.2) is 28.8 Å². The molecule has 4 aromatic rings. The van der Waals surface area contributed by atoms with Crippen LogP contribution in [0.3, 0.4) is 0 Å². The molecular formula is C35H35NO3. The van der Waals surface area contributed by atoms with Crippen molar-refractivity contribution in [2.24, 2.45) is 5.92 Å². The van der Waals surface area contributed by atoms with Crippen molar-refractivity contribution in [2.45, 2.75) is 51.4 Å². The van der Waals surface area contributed by atoms with Crippen LogP contribution in [0.1, 0.15) is 49.9 Å². The first-order chi connectivity index (χ1) is 18.8. The quantitative estimate of drug-likeness (QED) is 0.186. The van der Waals surface area contributed by atoms with Crippen LogP contribution < -0.4 is 0 Å². The number of hydrogen-bond acceptors (Lipinski definition) is 4. The average Bonchev–Trinajstić information content (AvgIpc) is 3.24. The number of rotatable bonds is 8. The molecule has 0 bridgehead atoms. The van der Waals surface area contributed by atoms with E-state index in [0.29, 0.717) is 6.54 Å². The second-order valence-electron chi connectivity index (χ2n) is 11.3. The van der Waals surface area contributed by atoms with E-state index in [1.807, 2.05) is 64.1 Å². The maximum absolute atomic E-state index is 14.1. The van der Waals surface area contributed by atoms with Crippen molar-refractivity contribution in [3.05, 3.63) is 131 Å². The molecule has 4 aromatic carbocycles. The summed E-state index contributed by atoms with van der Waals surface area (Å²) in [5.41, 5.74) is 4.94. The van der Waals surface area contributed by atoms with E-state index in [4.69, 9.17) is 4.74 Å². The predicted octanol–water partition coefficient (Wildman–Crippen LogP) is 7.01. The van der Waals surface area contributed by atoms with E-state index < -0.39 is 29.1 Å². The topological polar surface area (TPSA) is 46.6 Å². The molecule has 0 spiro atoms. The molecule has 39 heavy (non-hydrogen) atoms. The number of benzene rings is 4. The fourth-order valence-corrected chi connectivity index (χ4v) is 5.95. The summed E-state index contributed by atoms with van der Waals surface area (Å²) in [4.78, 5) is 28.8. The molecule has 2 atom stereocenters. The molecule has 2 unspecified atom stereocenters. The van der Waals surface area contributed by atoms with Gasteiger partial charge in [0, 0.05) is 12.5 Å². The van der Waals surface area contributed by atoms with Gasteiger partial charge in [0.2, 0.25) is 0 Å². The molecule has 1 aliphatic carbocycles. The predicted molar refractivity (Wildman–Crippen MR) is 155 cm³/mol. The largest absolute Gasteiger partial charge is 0.459 e. The lowest BCUT2D eigenvalue weighted by Gasteiger charge is -2.48. The highest BCUT2D eigenvalue weighted by Crippen LogP contribution is 2.55. The molecule has 0 heterocycles. The second kappa shape index (κ2) is 10.6. The van der Waals surface area contributed by atoms with Crippen molar-refractivity contribution in [2.75, 3.05) is 0 Å². The van der Waals surface area contributed by atoms with E-state index in [1.165, 1.54) is 0 Å². The summed E-state index contributed by atoms with van der Waals surface area (Å²) in [6.07, 6.45) is 0.873. The third-order valence-electron chi connectivity index (χ3n) is 7.44. The van der Waals surface area contributed by atoms with E-state index in [1.54, 1.807) is 0 Å². The lowest BCUT2D eigenvalue weighted by atomic mass is 9.76. The smallest absolute Gasteiger partial charge is 0.324 e. The number of nitrogens with zero attached hydrogens (tertiary/aromatic N) is 1. The van der Waals surface area contributed by atoms with Gasteiger partial charge in [0.15, 0.2) is 0 Å². The van der Waals surface area contributed by atoms with Gasteiger partial charge in [0.05, 0.1) is 5.54 Å². The fraction of sp³-hybridized carbons (Fsp3) is 0.257. The first kappa shape index (κ1) is 26.6. The Bertz CT molecular complexity index is 1410. The SMILES string of the molecule is CC(C=O)C(C(=O)OC(C)(C)C)N(Cc1ccccc1)C1(c2ccccc2)c2ccccc2-c2ccccc21. The van der Waals surface area contributed by atoms with Gasteiger partial charge in [-0.1, -0.05) is 116 Å². The molecular weight excluding hydrogens is 482 g/mol. The Kier molecular flexibility index (Phi) is 7.24. The van der Waals surface area contributed by atoms with Crippen molar-refractivity contribution < 1.29 is 14.3 Å². The second-order valence-corrected chi connectivity index (χ2v) is 11.3. The van der Waals surface area contributed by atoms with Crippen LogP contribution >= 0.6 is 0 Å². The molecule has 4 nitrogen and oxygen atoms in total. The van der Waals surface area contributed by atoms with E-state index >= 15 is 0 Å². The number of fused-ring (bicyclic) bond motifs is 3. The van der Waals surface area contributed by atoms with Gasteiger partial charge in [-0.25, -0.2) is 0 Å². The Morgan fingerprint density at radius 2 is 1.28 bits per heavy atom. The van der Waals surface area contributed by atoms with Crippen LogP contribution in [0.25, 0.3) is 11.1 Å². The van der Waals surface area contributed by atoms with Crippen molar-refractivity contribution in [3.63, 3.8) is 0 Å². The standard InChI is InChI=1S/C35H35NO3/c1-25(24-37)32(33(38)39-34(2,3)4)36(23-26-15-7-5-8-16-26)35(27-17-9-6-10-18-27)30-21-13-11-19-28(30)29-20-12-14-22-31(29)35/h5-22,24-25,32H,23H2,1-4H3. The number of carbonyl (C=O) groups is 2. The maximum atomic E-state index is 14.1. The minimum absolute atomic E-state index is 0.407.